The Labute approximate surface area is 207 Å². The van der Waals surface area contributed by atoms with Gasteiger partial charge < -0.3 is 24.5 Å². The summed E-state index contributed by atoms with van der Waals surface area (Å²) in [6, 6.07) is 19.2. The molecule has 36 heavy (non-hydrogen) atoms. The number of aromatic amines is 1. The van der Waals surface area contributed by atoms with Gasteiger partial charge in [-0.15, -0.1) is 0 Å². The lowest BCUT2D eigenvalue weighted by Crippen LogP contribution is -2.28. The van der Waals surface area contributed by atoms with Gasteiger partial charge in [0.2, 0.25) is 0 Å². The van der Waals surface area contributed by atoms with Gasteiger partial charge in [0.1, 0.15) is 5.82 Å². The normalized spacial score (nSPS) is 10.6. The summed E-state index contributed by atoms with van der Waals surface area (Å²) < 4.78 is 15.7. The first-order valence-corrected chi connectivity index (χ1v) is 11.2. The number of nitrogens with zero attached hydrogens (tertiary/aromatic N) is 1. The van der Waals surface area contributed by atoms with Crippen LogP contribution in [0.1, 0.15) is 27.3 Å². The van der Waals surface area contributed by atoms with Crippen LogP contribution in [-0.4, -0.2) is 42.7 Å². The van der Waals surface area contributed by atoms with Gasteiger partial charge in [0.15, 0.2) is 18.1 Å². The number of carbonyl (C=O) groups is 2. The van der Waals surface area contributed by atoms with Gasteiger partial charge in [-0.2, -0.15) is 0 Å². The smallest absolute Gasteiger partial charge is 0.338 e. The summed E-state index contributed by atoms with van der Waals surface area (Å²) in [5, 5.41) is 3.20. The SMILES string of the molecule is COc1ccc(CNC(=O)COC(=O)c2ccccc2Cc2nc3ccccc3c(=O)[nH]2)cc1OC. The van der Waals surface area contributed by atoms with E-state index < -0.39 is 18.5 Å². The number of fused-ring (bicyclic) bond motifs is 1. The maximum Gasteiger partial charge on any atom is 0.338 e. The molecule has 3 aromatic carbocycles. The van der Waals surface area contributed by atoms with Crippen LogP contribution in [0.5, 0.6) is 11.5 Å². The Bertz CT molecular complexity index is 1460. The minimum absolute atomic E-state index is 0.219. The van der Waals surface area contributed by atoms with Gasteiger partial charge in [0.05, 0.1) is 30.7 Å². The number of para-hydroxylation sites is 1. The quantitative estimate of drug-likeness (QED) is 0.348. The first kappa shape index (κ1) is 24.5. The highest BCUT2D eigenvalue weighted by Crippen LogP contribution is 2.27. The zero-order valence-electron chi connectivity index (χ0n) is 19.9. The highest BCUT2D eigenvalue weighted by atomic mass is 16.5. The second-order valence-electron chi connectivity index (χ2n) is 7.91. The summed E-state index contributed by atoms with van der Waals surface area (Å²) in [6.45, 7) is -0.208. The van der Waals surface area contributed by atoms with Crippen LogP contribution in [0.2, 0.25) is 0 Å². The van der Waals surface area contributed by atoms with E-state index in [2.05, 4.69) is 15.3 Å². The minimum atomic E-state index is -0.644. The van der Waals surface area contributed by atoms with E-state index in [0.29, 0.717) is 39.4 Å². The zero-order valence-corrected chi connectivity index (χ0v) is 19.9. The largest absolute Gasteiger partial charge is 0.493 e. The molecule has 2 N–H and O–H groups in total. The number of methoxy groups -OCH3 is 2. The second kappa shape index (κ2) is 11.2. The molecule has 9 nitrogen and oxygen atoms in total. The minimum Gasteiger partial charge on any atom is -0.493 e. The third-order valence-electron chi connectivity index (χ3n) is 5.53. The van der Waals surface area contributed by atoms with Crippen molar-refractivity contribution in [2.45, 2.75) is 13.0 Å². The Hall–Kier alpha value is -4.66. The zero-order chi connectivity index (χ0) is 25.5. The lowest BCUT2D eigenvalue weighted by Gasteiger charge is -2.11. The van der Waals surface area contributed by atoms with Crippen molar-refractivity contribution in [3.8, 4) is 11.5 Å². The second-order valence-corrected chi connectivity index (χ2v) is 7.91. The molecule has 4 aromatic rings. The van der Waals surface area contributed by atoms with Crippen molar-refractivity contribution >= 4 is 22.8 Å². The number of esters is 1. The number of hydrogen-bond acceptors (Lipinski definition) is 7. The summed E-state index contributed by atoms with van der Waals surface area (Å²) in [7, 11) is 3.08. The third-order valence-corrected chi connectivity index (χ3v) is 5.53. The molecule has 0 aliphatic rings. The summed E-state index contributed by atoms with van der Waals surface area (Å²) in [6.07, 6.45) is 0.219. The highest BCUT2D eigenvalue weighted by molar-refractivity contribution is 5.92. The number of rotatable bonds is 9. The molecule has 0 aliphatic heterocycles. The lowest BCUT2D eigenvalue weighted by atomic mass is 10.0. The Kier molecular flexibility index (Phi) is 7.60. The first-order chi connectivity index (χ1) is 17.5. The van der Waals surface area contributed by atoms with Crippen molar-refractivity contribution < 1.29 is 23.8 Å². The van der Waals surface area contributed by atoms with Gasteiger partial charge >= 0.3 is 5.97 Å². The van der Waals surface area contributed by atoms with Crippen molar-refractivity contribution in [3.05, 3.63) is 99.6 Å². The fraction of sp³-hybridized carbons (Fsp3) is 0.185. The van der Waals surface area contributed by atoms with Crippen LogP contribution in [0, 0.1) is 0 Å². The van der Waals surface area contributed by atoms with E-state index in [1.165, 1.54) is 7.11 Å². The van der Waals surface area contributed by atoms with Crippen molar-refractivity contribution in [2.75, 3.05) is 20.8 Å². The third kappa shape index (κ3) is 5.69. The van der Waals surface area contributed by atoms with Crippen LogP contribution < -0.4 is 20.3 Å². The number of amides is 1. The summed E-state index contributed by atoms with van der Waals surface area (Å²) in [5.74, 6) is 0.468. The van der Waals surface area contributed by atoms with Crippen LogP contribution in [0.25, 0.3) is 10.9 Å². The molecule has 0 fully saturated rings. The van der Waals surface area contributed by atoms with Crippen LogP contribution in [0.3, 0.4) is 0 Å². The van der Waals surface area contributed by atoms with Crippen molar-refractivity contribution in [2.24, 2.45) is 0 Å². The average molecular weight is 488 g/mol. The van der Waals surface area contributed by atoms with Crippen molar-refractivity contribution in [1.29, 1.82) is 0 Å². The van der Waals surface area contributed by atoms with Gasteiger partial charge in [-0.3, -0.25) is 9.59 Å². The number of hydrogen-bond donors (Lipinski definition) is 2. The van der Waals surface area contributed by atoms with E-state index in [9.17, 15) is 14.4 Å². The Morgan fingerprint density at radius 2 is 1.69 bits per heavy atom. The molecule has 1 amide bonds. The molecule has 0 aliphatic carbocycles. The van der Waals surface area contributed by atoms with E-state index in [1.54, 1.807) is 73.8 Å². The maximum atomic E-state index is 12.7. The van der Waals surface area contributed by atoms with Crippen molar-refractivity contribution in [1.82, 2.24) is 15.3 Å². The molecule has 1 heterocycles. The monoisotopic (exact) mass is 487 g/mol. The number of H-pyrrole nitrogens is 1. The Morgan fingerprint density at radius 3 is 2.50 bits per heavy atom. The lowest BCUT2D eigenvalue weighted by molar-refractivity contribution is -0.124. The van der Waals surface area contributed by atoms with E-state index in [0.717, 1.165) is 5.56 Å². The van der Waals surface area contributed by atoms with Gasteiger partial charge in [-0.05, 0) is 41.5 Å². The van der Waals surface area contributed by atoms with E-state index in [4.69, 9.17) is 14.2 Å². The Morgan fingerprint density at radius 1 is 0.944 bits per heavy atom. The molecule has 0 unspecified atom stereocenters. The number of nitrogens with one attached hydrogen (secondary N) is 2. The molecule has 0 atom stereocenters. The van der Waals surface area contributed by atoms with Crippen LogP contribution in [-0.2, 0) is 22.5 Å². The summed E-state index contributed by atoms with van der Waals surface area (Å²) >= 11 is 0. The topological polar surface area (TPSA) is 120 Å². The fourth-order valence-corrected chi connectivity index (χ4v) is 3.72. The van der Waals surface area contributed by atoms with E-state index in [-0.39, 0.29) is 18.5 Å². The van der Waals surface area contributed by atoms with Gasteiger partial charge in [-0.1, -0.05) is 36.4 Å². The molecule has 0 bridgehead atoms. The maximum absolute atomic E-state index is 12.7. The number of benzene rings is 3. The molecular formula is C27H25N3O6. The Balaban J connectivity index is 1.38. The van der Waals surface area contributed by atoms with Crippen LogP contribution in [0.15, 0.2) is 71.5 Å². The number of aromatic nitrogens is 2. The highest BCUT2D eigenvalue weighted by Gasteiger charge is 2.16. The summed E-state index contributed by atoms with van der Waals surface area (Å²) in [4.78, 5) is 44.6. The van der Waals surface area contributed by atoms with Crippen LogP contribution >= 0.6 is 0 Å². The summed E-state index contributed by atoms with van der Waals surface area (Å²) in [5.41, 5.74) is 2.03. The molecule has 184 valence electrons. The standard InChI is InChI=1S/C27H25N3O6/c1-34-22-12-11-17(13-23(22)35-2)15-28-25(31)16-36-27(33)19-8-4-3-7-18(19)14-24-29-21-10-6-5-9-20(21)26(32)30-24/h3-13H,14-16H2,1-2H3,(H,28,31)(H,29,30,32). The molecular weight excluding hydrogens is 462 g/mol. The molecule has 4 rings (SSSR count). The predicted octanol–water partition coefficient (Wildman–Crippen LogP) is 3.00. The van der Waals surface area contributed by atoms with E-state index >= 15 is 0 Å². The van der Waals surface area contributed by atoms with Crippen molar-refractivity contribution in [3.63, 3.8) is 0 Å². The average Bonchev–Trinajstić information content (AvgIpc) is 2.90. The predicted molar refractivity (Wildman–Crippen MR) is 133 cm³/mol. The van der Waals surface area contributed by atoms with E-state index in [1.807, 2.05) is 0 Å². The first-order valence-electron chi connectivity index (χ1n) is 11.2. The number of ether oxygens (including phenoxy) is 3. The molecule has 9 heteroatoms. The van der Waals surface area contributed by atoms with Gasteiger partial charge in [0.25, 0.3) is 11.5 Å². The van der Waals surface area contributed by atoms with Gasteiger partial charge in [-0.25, -0.2) is 9.78 Å². The van der Waals surface area contributed by atoms with Crippen LogP contribution in [0.4, 0.5) is 0 Å². The molecule has 1 aromatic heterocycles. The number of carbonyl (C=O) groups excluding carboxylic acids is 2. The van der Waals surface area contributed by atoms with Gasteiger partial charge in [0, 0.05) is 13.0 Å². The fourth-order valence-electron chi connectivity index (χ4n) is 3.72. The molecule has 0 spiro atoms. The molecule has 0 saturated carbocycles. The molecule has 0 saturated heterocycles. The molecule has 0 radical (unpaired) electrons.